The lowest BCUT2D eigenvalue weighted by Gasteiger charge is -2.19. The van der Waals surface area contributed by atoms with Crippen LogP contribution in [0.5, 0.6) is 11.5 Å². The number of methoxy groups -OCH3 is 1. The molecule has 1 unspecified atom stereocenters. The van der Waals surface area contributed by atoms with Gasteiger partial charge in [-0.05, 0) is 29.8 Å². The maximum absolute atomic E-state index is 11.7. The quantitative estimate of drug-likeness (QED) is 0.777. The molecule has 0 heterocycles. The van der Waals surface area contributed by atoms with E-state index in [0.717, 1.165) is 0 Å². The maximum Gasteiger partial charge on any atom is 0.244 e. The normalized spacial score (nSPS) is 11.7. The number of hydrogen-bond donors (Lipinski definition) is 3. The van der Waals surface area contributed by atoms with E-state index < -0.39 is 11.9 Å². The minimum Gasteiger partial charge on any atom is -0.508 e. The number of hydrogen-bond acceptors (Lipinski definition) is 4. The average Bonchev–Trinajstić information content (AvgIpc) is 2.44. The lowest BCUT2D eigenvalue weighted by molar-refractivity contribution is -0.118. The van der Waals surface area contributed by atoms with E-state index in [1.807, 2.05) is 12.1 Å². The summed E-state index contributed by atoms with van der Waals surface area (Å²) in [5, 5.41) is 12.5. The van der Waals surface area contributed by atoms with Crippen molar-refractivity contribution in [3.8, 4) is 11.5 Å². The SMILES string of the molecule is COc1ccccc1NC(C(N)=O)c1cccc(O)c1. The Balaban J connectivity index is 2.33. The maximum atomic E-state index is 11.7. The Morgan fingerprint density at radius 1 is 1.25 bits per heavy atom. The molecule has 0 fully saturated rings. The molecule has 20 heavy (non-hydrogen) atoms. The second kappa shape index (κ2) is 5.97. The Morgan fingerprint density at radius 3 is 2.65 bits per heavy atom. The Kier molecular flexibility index (Phi) is 4.10. The van der Waals surface area contributed by atoms with Crippen LogP contribution < -0.4 is 15.8 Å². The van der Waals surface area contributed by atoms with Gasteiger partial charge in [0.1, 0.15) is 17.5 Å². The summed E-state index contributed by atoms with van der Waals surface area (Å²) in [5.74, 6) is 0.149. The van der Waals surface area contributed by atoms with Gasteiger partial charge >= 0.3 is 0 Å². The van der Waals surface area contributed by atoms with Crippen molar-refractivity contribution in [3.05, 3.63) is 54.1 Å². The van der Waals surface area contributed by atoms with Crippen LogP contribution in [0.15, 0.2) is 48.5 Å². The van der Waals surface area contributed by atoms with Crippen molar-refractivity contribution in [2.75, 3.05) is 12.4 Å². The van der Waals surface area contributed by atoms with Crippen LogP contribution in [0, 0.1) is 0 Å². The van der Waals surface area contributed by atoms with E-state index in [9.17, 15) is 9.90 Å². The molecule has 5 nitrogen and oxygen atoms in total. The van der Waals surface area contributed by atoms with E-state index in [-0.39, 0.29) is 5.75 Å². The van der Waals surface area contributed by atoms with Crippen LogP contribution in [0.1, 0.15) is 11.6 Å². The van der Waals surface area contributed by atoms with Crippen LogP contribution in [-0.2, 0) is 4.79 Å². The van der Waals surface area contributed by atoms with Gasteiger partial charge in [-0.2, -0.15) is 0 Å². The summed E-state index contributed by atoms with van der Waals surface area (Å²) in [5.41, 5.74) is 6.68. The molecule has 1 amide bonds. The van der Waals surface area contributed by atoms with Gasteiger partial charge in [-0.15, -0.1) is 0 Å². The number of aromatic hydroxyl groups is 1. The topological polar surface area (TPSA) is 84.6 Å². The van der Waals surface area contributed by atoms with Crippen LogP contribution in [0.3, 0.4) is 0 Å². The number of nitrogens with one attached hydrogen (secondary N) is 1. The molecule has 0 bridgehead atoms. The predicted molar refractivity (Wildman–Crippen MR) is 76.7 cm³/mol. The van der Waals surface area contributed by atoms with Crippen molar-refractivity contribution in [1.82, 2.24) is 0 Å². The summed E-state index contributed by atoms with van der Waals surface area (Å²) in [6, 6.07) is 12.9. The monoisotopic (exact) mass is 272 g/mol. The minimum absolute atomic E-state index is 0.0792. The Morgan fingerprint density at radius 2 is 2.00 bits per heavy atom. The lowest BCUT2D eigenvalue weighted by atomic mass is 10.1. The van der Waals surface area contributed by atoms with Gasteiger partial charge in [0.15, 0.2) is 0 Å². The van der Waals surface area contributed by atoms with E-state index in [4.69, 9.17) is 10.5 Å². The van der Waals surface area contributed by atoms with E-state index in [1.54, 1.807) is 31.4 Å². The molecule has 0 aliphatic carbocycles. The number of ether oxygens (including phenoxy) is 1. The first-order valence-corrected chi connectivity index (χ1v) is 6.09. The lowest BCUT2D eigenvalue weighted by Crippen LogP contribution is -2.27. The van der Waals surface area contributed by atoms with Gasteiger partial charge < -0.3 is 20.9 Å². The number of phenols is 1. The Labute approximate surface area is 117 Å². The van der Waals surface area contributed by atoms with Crippen LogP contribution >= 0.6 is 0 Å². The molecule has 104 valence electrons. The highest BCUT2D eigenvalue weighted by Gasteiger charge is 2.19. The molecule has 0 spiro atoms. The van der Waals surface area contributed by atoms with E-state index in [1.165, 1.54) is 12.1 Å². The van der Waals surface area contributed by atoms with Gasteiger partial charge in [0.05, 0.1) is 12.8 Å². The van der Waals surface area contributed by atoms with Gasteiger partial charge in [-0.3, -0.25) is 4.79 Å². The molecule has 5 heteroatoms. The first kappa shape index (κ1) is 13.7. The van der Waals surface area contributed by atoms with Crippen LogP contribution in [0.4, 0.5) is 5.69 Å². The molecular weight excluding hydrogens is 256 g/mol. The summed E-state index contributed by atoms with van der Waals surface area (Å²) in [6.07, 6.45) is 0. The van der Waals surface area contributed by atoms with E-state index >= 15 is 0 Å². The number of para-hydroxylation sites is 2. The highest BCUT2D eigenvalue weighted by atomic mass is 16.5. The molecule has 2 aromatic rings. The molecule has 0 radical (unpaired) electrons. The second-order valence-electron chi connectivity index (χ2n) is 4.27. The zero-order valence-corrected chi connectivity index (χ0v) is 11.0. The van der Waals surface area contributed by atoms with Crippen molar-refractivity contribution in [1.29, 1.82) is 0 Å². The minimum atomic E-state index is -0.751. The molecule has 0 aromatic heterocycles. The third-order valence-corrected chi connectivity index (χ3v) is 2.89. The standard InChI is InChI=1S/C15H16N2O3/c1-20-13-8-3-2-7-12(13)17-14(15(16)19)10-5-4-6-11(18)9-10/h2-9,14,17-18H,1H3,(H2,16,19). The number of primary amides is 1. The molecule has 0 saturated carbocycles. The first-order chi connectivity index (χ1) is 9.61. The van der Waals surface area contributed by atoms with Crippen LogP contribution in [-0.4, -0.2) is 18.1 Å². The first-order valence-electron chi connectivity index (χ1n) is 6.09. The summed E-state index contributed by atoms with van der Waals surface area (Å²) in [4.78, 5) is 11.7. The average molecular weight is 272 g/mol. The summed E-state index contributed by atoms with van der Waals surface area (Å²) in [7, 11) is 1.55. The Bertz CT molecular complexity index is 614. The van der Waals surface area contributed by atoms with Crippen molar-refractivity contribution < 1.29 is 14.6 Å². The van der Waals surface area contributed by atoms with Gasteiger partial charge in [0.2, 0.25) is 5.91 Å². The van der Waals surface area contributed by atoms with Crippen molar-refractivity contribution in [2.24, 2.45) is 5.73 Å². The van der Waals surface area contributed by atoms with Crippen LogP contribution in [0.25, 0.3) is 0 Å². The number of anilines is 1. The van der Waals surface area contributed by atoms with Gasteiger partial charge in [-0.25, -0.2) is 0 Å². The van der Waals surface area contributed by atoms with Crippen molar-refractivity contribution in [3.63, 3.8) is 0 Å². The van der Waals surface area contributed by atoms with E-state index in [2.05, 4.69) is 5.32 Å². The number of carbonyl (C=O) groups excluding carboxylic acids is 1. The molecule has 4 N–H and O–H groups in total. The molecule has 2 aromatic carbocycles. The summed E-state index contributed by atoms with van der Waals surface area (Å²) < 4.78 is 5.22. The predicted octanol–water partition coefficient (Wildman–Crippen LogP) is 2.04. The zero-order chi connectivity index (χ0) is 14.5. The third kappa shape index (κ3) is 3.00. The van der Waals surface area contributed by atoms with Crippen molar-refractivity contribution >= 4 is 11.6 Å². The van der Waals surface area contributed by atoms with E-state index in [0.29, 0.717) is 17.0 Å². The molecule has 0 aliphatic heterocycles. The van der Waals surface area contributed by atoms with Gasteiger partial charge in [-0.1, -0.05) is 24.3 Å². The molecule has 2 rings (SSSR count). The smallest absolute Gasteiger partial charge is 0.244 e. The fourth-order valence-electron chi connectivity index (χ4n) is 1.94. The number of nitrogens with two attached hydrogens (primary N) is 1. The number of carbonyl (C=O) groups is 1. The molecule has 0 saturated heterocycles. The van der Waals surface area contributed by atoms with Crippen molar-refractivity contribution in [2.45, 2.75) is 6.04 Å². The van der Waals surface area contributed by atoms with Gasteiger partial charge in [0.25, 0.3) is 0 Å². The molecule has 0 aliphatic rings. The third-order valence-electron chi connectivity index (χ3n) is 2.89. The largest absolute Gasteiger partial charge is 0.508 e. The van der Waals surface area contributed by atoms with Gasteiger partial charge in [0, 0.05) is 0 Å². The Hall–Kier alpha value is -2.69. The number of rotatable bonds is 5. The number of amides is 1. The van der Waals surface area contributed by atoms with Crippen LogP contribution in [0.2, 0.25) is 0 Å². The highest BCUT2D eigenvalue weighted by Crippen LogP contribution is 2.28. The zero-order valence-electron chi connectivity index (χ0n) is 11.0. The second-order valence-corrected chi connectivity index (χ2v) is 4.27. The number of phenolic OH excluding ortho intramolecular Hbond substituents is 1. The summed E-state index contributed by atoms with van der Waals surface area (Å²) in [6.45, 7) is 0. The molecular formula is C15H16N2O3. The summed E-state index contributed by atoms with van der Waals surface area (Å²) >= 11 is 0. The fraction of sp³-hybridized carbons (Fsp3) is 0.133. The number of benzene rings is 2. The molecule has 1 atom stereocenters. The highest BCUT2D eigenvalue weighted by molar-refractivity contribution is 5.85. The fourth-order valence-corrected chi connectivity index (χ4v) is 1.94.